The van der Waals surface area contributed by atoms with Gasteiger partial charge in [0, 0.05) is 30.1 Å². The summed E-state index contributed by atoms with van der Waals surface area (Å²) >= 11 is 0. The number of rotatable bonds is 6. The molecule has 0 aromatic heterocycles. The number of hydrogen-bond donors (Lipinski definition) is 1. The van der Waals surface area contributed by atoms with Gasteiger partial charge in [-0.3, -0.25) is 14.5 Å². The number of nitrogens with zero attached hydrogens (tertiary/aromatic N) is 2. The van der Waals surface area contributed by atoms with Crippen LogP contribution < -0.4 is 4.74 Å². The number of aliphatic carboxylic acids is 1. The number of likely N-dealkylation sites (N-methyl/N-ethyl adjacent to an activating group) is 1. The summed E-state index contributed by atoms with van der Waals surface area (Å²) in [6.45, 7) is 4.01. The van der Waals surface area contributed by atoms with E-state index >= 15 is 0 Å². The van der Waals surface area contributed by atoms with Crippen LogP contribution >= 0.6 is 0 Å². The Kier molecular flexibility index (Phi) is 5.96. The Morgan fingerprint density at radius 1 is 1.15 bits per heavy atom. The van der Waals surface area contributed by atoms with Crippen LogP contribution in [0.25, 0.3) is 10.8 Å². The predicted molar refractivity (Wildman–Crippen MR) is 104 cm³/mol. The van der Waals surface area contributed by atoms with E-state index in [0.29, 0.717) is 25.2 Å². The fourth-order valence-electron chi connectivity index (χ4n) is 3.91. The molecule has 1 amide bonds. The van der Waals surface area contributed by atoms with Gasteiger partial charge in [-0.1, -0.05) is 31.2 Å². The minimum atomic E-state index is -0.806. The first-order valence-electron chi connectivity index (χ1n) is 9.36. The van der Waals surface area contributed by atoms with Crippen molar-refractivity contribution in [2.75, 3.05) is 33.3 Å². The van der Waals surface area contributed by atoms with Crippen molar-refractivity contribution in [3.05, 3.63) is 42.0 Å². The number of piperidine rings is 1. The normalized spacial score (nSPS) is 15.3. The molecular weight excluding hydrogens is 344 g/mol. The maximum Gasteiger partial charge on any atom is 0.317 e. The van der Waals surface area contributed by atoms with Crippen LogP contribution in [0.4, 0.5) is 0 Å². The lowest BCUT2D eigenvalue weighted by atomic mass is 9.99. The van der Waals surface area contributed by atoms with Crippen molar-refractivity contribution in [2.45, 2.75) is 25.8 Å². The summed E-state index contributed by atoms with van der Waals surface area (Å²) in [6, 6.07) is 11.7. The highest BCUT2D eigenvalue weighted by atomic mass is 16.5. The molecule has 1 heterocycles. The number of carboxylic acid groups (broad SMARTS) is 1. The number of hydrogen-bond acceptors (Lipinski definition) is 4. The van der Waals surface area contributed by atoms with Gasteiger partial charge in [-0.15, -0.1) is 0 Å². The zero-order chi connectivity index (χ0) is 19.4. The van der Waals surface area contributed by atoms with Crippen LogP contribution in [-0.4, -0.2) is 66.1 Å². The molecule has 0 atom stereocenters. The predicted octanol–water partition coefficient (Wildman–Crippen LogP) is 2.86. The minimum Gasteiger partial charge on any atom is -0.496 e. The third kappa shape index (κ3) is 4.06. The van der Waals surface area contributed by atoms with E-state index in [1.807, 2.05) is 53.1 Å². The molecule has 27 heavy (non-hydrogen) atoms. The Morgan fingerprint density at radius 2 is 1.81 bits per heavy atom. The Hall–Kier alpha value is -2.60. The fraction of sp³-hybridized carbons (Fsp3) is 0.429. The first kappa shape index (κ1) is 19.2. The summed E-state index contributed by atoms with van der Waals surface area (Å²) in [7, 11) is 1.63. The zero-order valence-corrected chi connectivity index (χ0v) is 15.9. The van der Waals surface area contributed by atoms with E-state index in [4.69, 9.17) is 9.84 Å². The molecule has 1 N–H and O–H groups in total. The second-order valence-corrected chi connectivity index (χ2v) is 6.84. The minimum absolute atomic E-state index is 0.0218. The van der Waals surface area contributed by atoms with Crippen molar-refractivity contribution in [3.63, 3.8) is 0 Å². The Morgan fingerprint density at radius 3 is 2.41 bits per heavy atom. The molecule has 2 aromatic rings. The molecule has 6 heteroatoms. The molecule has 1 fully saturated rings. The zero-order valence-electron chi connectivity index (χ0n) is 15.9. The lowest BCUT2D eigenvalue weighted by Gasteiger charge is -2.37. The summed E-state index contributed by atoms with van der Waals surface area (Å²) < 4.78 is 5.41. The number of amides is 1. The Balaban J connectivity index is 1.75. The number of fused-ring (bicyclic) bond motifs is 1. The van der Waals surface area contributed by atoms with Crippen molar-refractivity contribution in [3.8, 4) is 5.75 Å². The third-order valence-corrected chi connectivity index (χ3v) is 5.35. The molecule has 3 rings (SSSR count). The van der Waals surface area contributed by atoms with Crippen molar-refractivity contribution in [1.82, 2.24) is 9.80 Å². The van der Waals surface area contributed by atoms with Gasteiger partial charge in [0.1, 0.15) is 5.75 Å². The average molecular weight is 370 g/mol. The molecule has 0 bridgehead atoms. The molecule has 2 aromatic carbocycles. The van der Waals surface area contributed by atoms with Crippen LogP contribution in [-0.2, 0) is 4.79 Å². The van der Waals surface area contributed by atoms with E-state index in [0.717, 1.165) is 29.4 Å². The number of benzene rings is 2. The molecule has 6 nitrogen and oxygen atoms in total. The smallest absolute Gasteiger partial charge is 0.317 e. The molecule has 144 valence electrons. The van der Waals surface area contributed by atoms with Gasteiger partial charge in [0.15, 0.2) is 0 Å². The quantitative estimate of drug-likeness (QED) is 0.847. The van der Waals surface area contributed by atoms with E-state index in [9.17, 15) is 9.59 Å². The van der Waals surface area contributed by atoms with Crippen LogP contribution in [0.15, 0.2) is 36.4 Å². The molecule has 1 saturated heterocycles. The summed E-state index contributed by atoms with van der Waals surface area (Å²) in [5, 5.41) is 10.9. The van der Waals surface area contributed by atoms with Gasteiger partial charge in [-0.05, 0) is 36.9 Å². The highest BCUT2D eigenvalue weighted by molar-refractivity contribution is 6.08. The summed E-state index contributed by atoms with van der Waals surface area (Å²) in [5.74, 6) is -0.0261. The molecular formula is C21H26N2O4. The molecule has 1 aliphatic heterocycles. The van der Waals surface area contributed by atoms with Crippen molar-refractivity contribution in [2.24, 2.45) is 0 Å². The highest BCUT2D eigenvalue weighted by Gasteiger charge is 2.28. The standard InChI is InChI=1S/C21H26N2O4/c1-3-22(14-20(24)25)15-10-12-23(13-11-15)21(26)18-8-9-19(27-2)17-7-5-4-6-16(17)18/h4-9,15H,3,10-14H2,1-2H3,(H,24,25). The van der Waals surface area contributed by atoms with Gasteiger partial charge < -0.3 is 14.7 Å². The third-order valence-electron chi connectivity index (χ3n) is 5.35. The molecule has 0 radical (unpaired) electrons. The Bertz CT molecular complexity index is 828. The van der Waals surface area contributed by atoms with Crippen LogP contribution in [0.5, 0.6) is 5.75 Å². The van der Waals surface area contributed by atoms with Gasteiger partial charge in [-0.25, -0.2) is 0 Å². The van der Waals surface area contributed by atoms with Crippen molar-refractivity contribution >= 4 is 22.6 Å². The first-order chi connectivity index (χ1) is 13.0. The van der Waals surface area contributed by atoms with Gasteiger partial charge in [-0.2, -0.15) is 0 Å². The van der Waals surface area contributed by atoms with Crippen molar-refractivity contribution < 1.29 is 19.4 Å². The number of carbonyl (C=O) groups is 2. The molecule has 0 saturated carbocycles. The lowest BCUT2D eigenvalue weighted by Crippen LogP contribution is -2.48. The second-order valence-electron chi connectivity index (χ2n) is 6.84. The van der Waals surface area contributed by atoms with Crippen LogP contribution in [0, 0.1) is 0 Å². The lowest BCUT2D eigenvalue weighted by molar-refractivity contribution is -0.139. The highest BCUT2D eigenvalue weighted by Crippen LogP contribution is 2.29. The monoisotopic (exact) mass is 370 g/mol. The SMILES string of the molecule is CCN(CC(=O)O)C1CCN(C(=O)c2ccc(OC)c3ccccc23)CC1. The number of methoxy groups -OCH3 is 1. The number of carboxylic acids is 1. The van der Waals surface area contributed by atoms with Crippen LogP contribution in [0.1, 0.15) is 30.1 Å². The summed E-state index contributed by atoms with van der Waals surface area (Å²) in [4.78, 5) is 28.0. The van der Waals surface area contributed by atoms with E-state index in [2.05, 4.69) is 0 Å². The van der Waals surface area contributed by atoms with Gasteiger partial charge in [0.2, 0.25) is 0 Å². The molecule has 1 aliphatic rings. The number of likely N-dealkylation sites (tertiary alicyclic amines) is 1. The van der Waals surface area contributed by atoms with E-state index in [1.54, 1.807) is 7.11 Å². The second kappa shape index (κ2) is 8.39. The Labute approximate surface area is 159 Å². The molecule has 0 aliphatic carbocycles. The largest absolute Gasteiger partial charge is 0.496 e. The van der Waals surface area contributed by atoms with E-state index in [-0.39, 0.29) is 18.5 Å². The van der Waals surface area contributed by atoms with Gasteiger partial charge >= 0.3 is 5.97 Å². The maximum absolute atomic E-state index is 13.1. The van der Waals surface area contributed by atoms with Crippen molar-refractivity contribution in [1.29, 1.82) is 0 Å². The topological polar surface area (TPSA) is 70.1 Å². The van der Waals surface area contributed by atoms with Gasteiger partial charge in [0.25, 0.3) is 5.91 Å². The summed E-state index contributed by atoms with van der Waals surface area (Å²) in [5.41, 5.74) is 0.683. The van der Waals surface area contributed by atoms with Gasteiger partial charge in [0.05, 0.1) is 13.7 Å². The van der Waals surface area contributed by atoms with Crippen LogP contribution in [0.3, 0.4) is 0 Å². The number of carbonyl (C=O) groups excluding carboxylic acids is 1. The molecule has 0 unspecified atom stereocenters. The first-order valence-corrected chi connectivity index (χ1v) is 9.36. The maximum atomic E-state index is 13.1. The molecule has 0 spiro atoms. The fourth-order valence-corrected chi connectivity index (χ4v) is 3.91. The van der Waals surface area contributed by atoms with Crippen LogP contribution in [0.2, 0.25) is 0 Å². The number of ether oxygens (including phenoxy) is 1. The summed E-state index contributed by atoms with van der Waals surface area (Å²) in [6.07, 6.45) is 1.59. The van der Waals surface area contributed by atoms with E-state index < -0.39 is 5.97 Å². The van der Waals surface area contributed by atoms with E-state index in [1.165, 1.54) is 0 Å². The average Bonchev–Trinajstić information content (AvgIpc) is 2.70.